The van der Waals surface area contributed by atoms with Crippen LogP contribution in [0.2, 0.25) is 0 Å². The molecule has 1 aromatic carbocycles. The summed E-state index contributed by atoms with van der Waals surface area (Å²) in [4.78, 5) is 9.65. The summed E-state index contributed by atoms with van der Waals surface area (Å²) in [5.41, 5.74) is 17.2. The Morgan fingerprint density at radius 3 is 2.65 bits per heavy atom. The Labute approximate surface area is 155 Å². The summed E-state index contributed by atoms with van der Waals surface area (Å²) in [6.45, 7) is 2.33. The Balaban J connectivity index is 1.96. The number of aromatic amines is 1. The molecule has 0 saturated heterocycles. The molecule has 132 valence electrons. The molecule has 0 fully saturated rings. The van der Waals surface area contributed by atoms with E-state index in [-0.39, 0.29) is 12.0 Å². The van der Waals surface area contributed by atoms with Crippen LogP contribution >= 0.6 is 11.3 Å². The highest BCUT2D eigenvalue weighted by Gasteiger charge is 2.26. The van der Waals surface area contributed by atoms with Gasteiger partial charge in [-0.1, -0.05) is 30.3 Å². The van der Waals surface area contributed by atoms with E-state index >= 15 is 0 Å². The van der Waals surface area contributed by atoms with Crippen molar-refractivity contribution in [3.63, 3.8) is 0 Å². The number of thiophene rings is 1. The van der Waals surface area contributed by atoms with E-state index in [0.717, 1.165) is 32.7 Å². The van der Waals surface area contributed by atoms with Crippen LogP contribution in [-0.2, 0) is 0 Å². The number of nitrogens with one attached hydrogen (secondary N) is 1. The van der Waals surface area contributed by atoms with Crippen LogP contribution < -0.4 is 11.5 Å². The number of hydrogen-bond donors (Lipinski definition) is 3. The molecule has 0 aliphatic rings. The first kappa shape index (κ1) is 16.8. The van der Waals surface area contributed by atoms with Crippen molar-refractivity contribution < 1.29 is 0 Å². The number of fused-ring (bicyclic) bond motifs is 1. The number of aryl methyl sites for hydroxylation is 1. The first-order chi connectivity index (χ1) is 12.7. The van der Waals surface area contributed by atoms with Crippen molar-refractivity contribution in [1.82, 2.24) is 20.2 Å². The number of H-pyrrole nitrogens is 1. The summed E-state index contributed by atoms with van der Waals surface area (Å²) in [6.07, 6.45) is 1.76. The normalized spacial score (nSPS) is 13.8. The summed E-state index contributed by atoms with van der Waals surface area (Å²) in [5.74, 6) is 0.554. The van der Waals surface area contributed by atoms with Crippen molar-refractivity contribution >= 4 is 21.6 Å². The molecule has 0 aliphatic carbocycles. The number of nitrogens with two attached hydrogens (primary N) is 2. The zero-order valence-corrected chi connectivity index (χ0v) is 15.2. The minimum atomic E-state index is -0.240. The quantitative estimate of drug-likeness (QED) is 0.505. The molecule has 0 radical (unpaired) electrons. The van der Waals surface area contributed by atoms with E-state index < -0.39 is 0 Å². The Morgan fingerprint density at radius 2 is 1.96 bits per heavy atom. The van der Waals surface area contributed by atoms with Gasteiger partial charge in [0, 0.05) is 24.2 Å². The monoisotopic (exact) mass is 364 g/mol. The highest BCUT2D eigenvalue weighted by Crippen LogP contribution is 2.35. The van der Waals surface area contributed by atoms with E-state index in [9.17, 15) is 0 Å². The predicted octanol–water partition coefficient (Wildman–Crippen LogP) is 2.81. The van der Waals surface area contributed by atoms with Crippen molar-refractivity contribution in [2.75, 3.05) is 6.54 Å². The lowest BCUT2D eigenvalue weighted by Crippen LogP contribution is -2.37. The Morgan fingerprint density at radius 1 is 1.15 bits per heavy atom. The summed E-state index contributed by atoms with van der Waals surface area (Å²) in [5, 5.41) is 9.09. The van der Waals surface area contributed by atoms with E-state index in [4.69, 9.17) is 21.4 Å². The van der Waals surface area contributed by atoms with Gasteiger partial charge in [0.1, 0.15) is 0 Å². The second-order valence-corrected chi connectivity index (χ2v) is 7.18. The largest absolute Gasteiger partial charge is 0.329 e. The molecular weight excluding hydrogens is 344 g/mol. The average molecular weight is 364 g/mol. The molecule has 2 unspecified atom stereocenters. The summed E-state index contributed by atoms with van der Waals surface area (Å²) in [7, 11) is 0. The van der Waals surface area contributed by atoms with Crippen molar-refractivity contribution in [3.05, 3.63) is 64.9 Å². The summed E-state index contributed by atoms with van der Waals surface area (Å²) >= 11 is 1.63. The van der Waals surface area contributed by atoms with Gasteiger partial charge in [-0.15, -0.1) is 11.3 Å². The van der Waals surface area contributed by atoms with Crippen LogP contribution in [-0.4, -0.2) is 32.8 Å². The van der Waals surface area contributed by atoms with Gasteiger partial charge in [-0.3, -0.25) is 5.10 Å². The predicted molar refractivity (Wildman–Crippen MR) is 105 cm³/mol. The van der Waals surface area contributed by atoms with Crippen molar-refractivity contribution in [2.24, 2.45) is 11.5 Å². The highest BCUT2D eigenvalue weighted by molar-refractivity contribution is 7.17. The second kappa shape index (κ2) is 6.95. The van der Waals surface area contributed by atoms with Crippen LogP contribution in [0.5, 0.6) is 0 Å². The molecule has 3 aromatic heterocycles. The molecular formula is C19H20N6S. The molecule has 4 aromatic rings. The molecule has 3 heterocycles. The highest BCUT2D eigenvalue weighted by atomic mass is 32.1. The van der Waals surface area contributed by atoms with E-state index in [1.807, 2.05) is 36.6 Å². The second-order valence-electron chi connectivity index (χ2n) is 6.26. The van der Waals surface area contributed by atoms with Crippen LogP contribution in [0.1, 0.15) is 22.9 Å². The molecule has 0 amide bonds. The van der Waals surface area contributed by atoms with Gasteiger partial charge in [0.25, 0.3) is 0 Å². The third kappa shape index (κ3) is 2.90. The first-order valence-electron chi connectivity index (χ1n) is 8.45. The van der Waals surface area contributed by atoms with Gasteiger partial charge in [-0.25, -0.2) is 9.97 Å². The fourth-order valence-corrected chi connectivity index (χ4v) is 4.06. The first-order valence-corrected chi connectivity index (χ1v) is 9.33. The fourth-order valence-electron chi connectivity index (χ4n) is 3.20. The Kier molecular flexibility index (Phi) is 4.50. The van der Waals surface area contributed by atoms with Crippen LogP contribution in [0, 0.1) is 6.92 Å². The summed E-state index contributed by atoms with van der Waals surface area (Å²) in [6, 6.07) is 11.9. The van der Waals surface area contributed by atoms with Gasteiger partial charge < -0.3 is 11.5 Å². The lowest BCUT2D eigenvalue weighted by molar-refractivity contribution is 0.595. The SMILES string of the molecule is Cc1[nH]ncc1-c1nc(C(c2ccccc2)C(N)CN)c2sccc2n1. The van der Waals surface area contributed by atoms with Gasteiger partial charge in [-0.2, -0.15) is 5.10 Å². The van der Waals surface area contributed by atoms with Crippen molar-refractivity contribution in [2.45, 2.75) is 18.9 Å². The molecule has 0 aliphatic heterocycles. The van der Waals surface area contributed by atoms with Crippen LogP contribution in [0.15, 0.2) is 48.0 Å². The topological polar surface area (TPSA) is 106 Å². The standard InChI is InChI=1S/C19H20N6S/c1-11-13(10-22-25-11)19-23-15-7-8-26-18(15)17(24-19)16(14(21)9-20)12-5-3-2-4-6-12/h2-8,10,14,16H,9,20-21H2,1H3,(H,22,25). The Bertz CT molecular complexity index is 1020. The van der Waals surface area contributed by atoms with Crippen LogP contribution in [0.4, 0.5) is 0 Å². The van der Waals surface area contributed by atoms with E-state index in [0.29, 0.717) is 12.4 Å². The third-order valence-corrected chi connectivity index (χ3v) is 5.48. The molecule has 4 rings (SSSR count). The van der Waals surface area contributed by atoms with Gasteiger partial charge in [-0.05, 0) is 23.9 Å². The maximum atomic E-state index is 6.44. The van der Waals surface area contributed by atoms with Gasteiger partial charge in [0.15, 0.2) is 5.82 Å². The Hall–Kier alpha value is -2.61. The van der Waals surface area contributed by atoms with E-state index in [1.165, 1.54) is 0 Å². The van der Waals surface area contributed by atoms with Crippen molar-refractivity contribution in [3.8, 4) is 11.4 Å². The molecule has 0 bridgehead atoms. The maximum absolute atomic E-state index is 6.44. The molecule has 6 nitrogen and oxygen atoms in total. The van der Waals surface area contributed by atoms with Gasteiger partial charge in [0.05, 0.1) is 27.7 Å². The molecule has 2 atom stereocenters. The number of hydrogen-bond acceptors (Lipinski definition) is 6. The molecule has 7 heteroatoms. The lowest BCUT2D eigenvalue weighted by atomic mass is 9.88. The molecule has 0 saturated carbocycles. The minimum absolute atomic E-state index is 0.101. The van der Waals surface area contributed by atoms with Crippen LogP contribution in [0.3, 0.4) is 0 Å². The number of aromatic nitrogens is 4. The average Bonchev–Trinajstić information content (AvgIpc) is 3.31. The maximum Gasteiger partial charge on any atom is 0.163 e. The molecule has 5 N–H and O–H groups in total. The van der Waals surface area contributed by atoms with Crippen molar-refractivity contribution in [1.29, 1.82) is 0 Å². The fraction of sp³-hybridized carbons (Fsp3) is 0.211. The molecule has 0 spiro atoms. The van der Waals surface area contributed by atoms with Gasteiger partial charge in [0.2, 0.25) is 0 Å². The third-order valence-electron chi connectivity index (χ3n) is 4.55. The van der Waals surface area contributed by atoms with E-state index in [1.54, 1.807) is 17.5 Å². The number of benzene rings is 1. The van der Waals surface area contributed by atoms with Crippen LogP contribution in [0.25, 0.3) is 21.6 Å². The zero-order valence-electron chi connectivity index (χ0n) is 14.4. The smallest absolute Gasteiger partial charge is 0.163 e. The molecule has 26 heavy (non-hydrogen) atoms. The zero-order chi connectivity index (χ0) is 18.1. The van der Waals surface area contributed by atoms with Gasteiger partial charge >= 0.3 is 0 Å². The summed E-state index contributed by atoms with van der Waals surface area (Å²) < 4.78 is 1.05. The minimum Gasteiger partial charge on any atom is -0.329 e. The lowest BCUT2D eigenvalue weighted by Gasteiger charge is -2.23. The number of rotatable bonds is 5. The van der Waals surface area contributed by atoms with E-state index in [2.05, 4.69) is 22.3 Å². The number of nitrogens with zero attached hydrogens (tertiary/aromatic N) is 3.